The van der Waals surface area contributed by atoms with Crippen LogP contribution in [-0.2, 0) is 6.42 Å². The van der Waals surface area contributed by atoms with E-state index in [-0.39, 0.29) is 5.69 Å². The molecule has 0 radical (unpaired) electrons. The molecule has 0 amide bonds. The van der Waals surface area contributed by atoms with Crippen molar-refractivity contribution >= 4 is 21.9 Å². The Balaban J connectivity index is 2.55. The number of carboxylic acid groups (broad SMARTS) is 1. The van der Waals surface area contributed by atoms with Gasteiger partial charge in [-0.1, -0.05) is 22.9 Å². The second kappa shape index (κ2) is 4.94. The molecule has 1 aromatic carbocycles. The summed E-state index contributed by atoms with van der Waals surface area (Å²) in [7, 11) is 0. The number of halogens is 1. The minimum absolute atomic E-state index is 0.0763. The summed E-state index contributed by atoms with van der Waals surface area (Å²) in [6, 6.07) is 7.43. The van der Waals surface area contributed by atoms with Crippen molar-refractivity contribution in [2.45, 2.75) is 20.3 Å². The van der Waals surface area contributed by atoms with Gasteiger partial charge in [0.25, 0.3) is 0 Å². The Kier molecular flexibility index (Phi) is 3.52. The third-order valence-corrected chi connectivity index (χ3v) is 3.64. The second-order valence-corrected chi connectivity index (χ2v) is 4.88. The topological polar surface area (TPSA) is 55.1 Å². The predicted molar refractivity (Wildman–Crippen MR) is 72.3 cm³/mol. The number of aromatic carboxylic acids is 1. The molecular weight excluding hydrogens is 296 g/mol. The Morgan fingerprint density at radius 2 is 2.17 bits per heavy atom. The van der Waals surface area contributed by atoms with Crippen molar-refractivity contribution in [1.82, 2.24) is 9.78 Å². The second-order valence-electron chi connectivity index (χ2n) is 4.02. The first-order valence-electron chi connectivity index (χ1n) is 5.61. The molecule has 0 aliphatic heterocycles. The molecule has 18 heavy (non-hydrogen) atoms. The minimum atomic E-state index is -1.00. The standard InChI is InChI=1S/C13H13BrN2O2/c1-3-9-7-12(13(17)18)15-16(9)10-4-5-11(14)8(2)6-10/h4-7H,3H2,1-2H3,(H,17,18). The van der Waals surface area contributed by atoms with E-state index in [1.807, 2.05) is 32.0 Å². The maximum atomic E-state index is 11.0. The molecule has 0 spiro atoms. The maximum absolute atomic E-state index is 11.0. The summed E-state index contributed by atoms with van der Waals surface area (Å²) in [5.41, 5.74) is 2.92. The molecule has 0 atom stereocenters. The van der Waals surface area contributed by atoms with Crippen LogP contribution >= 0.6 is 15.9 Å². The van der Waals surface area contributed by atoms with E-state index in [0.717, 1.165) is 27.8 Å². The molecule has 1 heterocycles. The predicted octanol–water partition coefficient (Wildman–Crippen LogP) is 3.20. The summed E-state index contributed by atoms with van der Waals surface area (Å²) < 4.78 is 2.71. The van der Waals surface area contributed by atoms with E-state index < -0.39 is 5.97 Å². The highest BCUT2D eigenvalue weighted by Crippen LogP contribution is 2.21. The Morgan fingerprint density at radius 1 is 1.44 bits per heavy atom. The summed E-state index contributed by atoms with van der Waals surface area (Å²) in [6.45, 7) is 3.96. The zero-order valence-corrected chi connectivity index (χ0v) is 11.7. The number of hydrogen-bond donors (Lipinski definition) is 1. The number of hydrogen-bond acceptors (Lipinski definition) is 2. The summed E-state index contributed by atoms with van der Waals surface area (Å²) >= 11 is 3.44. The van der Waals surface area contributed by atoms with E-state index in [4.69, 9.17) is 5.11 Å². The number of rotatable bonds is 3. The number of aromatic nitrogens is 2. The van der Waals surface area contributed by atoms with E-state index in [1.165, 1.54) is 0 Å². The van der Waals surface area contributed by atoms with Crippen LogP contribution in [0.2, 0.25) is 0 Å². The molecule has 0 saturated heterocycles. The van der Waals surface area contributed by atoms with Gasteiger partial charge in [0.05, 0.1) is 5.69 Å². The van der Waals surface area contributed by atoms with Crippen molar-refractivity contribution in [3.05, 3.63) is 45.7 Å². The largest absolute Gasteiger partial charge is 0.476 e. The van der Waals surface area contributed by atoms with Crippen LogP contribution in [0, 0.1) is 6.92 Å². The summed E-state index contributed by atoms with van der Waals surface area (Å²) in [5, 5.41) is 13.1. The molecule has 0 aliphatic carbocycles. The number of carbonyl (C=O) groups is 1. The lowest BCUT2D eigenvalue weighted by molar-refractivity contribution is 0.0690. The molecule has 0 saturated carbocycles. The lowest BCUT2D eigenvalue weighted by Crippen LogP contribution is -2.03. The van der Waals surface area contributed by atoms with Crippen molar-refractivity contribution in [2.24, 2.45) is 0 Å². The van der Waals surface area contributed by atoms with Crippen LogP contribution in [-0.4, -0.2) is 20.9 Å². The van der Waals surface area contributed by atoms with Gasteiger partial charge < -0.3 is 5.11 Å². The maximum Gasteiger partial charge on any atom is 0.356 e. The zero-order valence-electron chi connectivity index (χ0n) is 10.1. The van der Waals surface area contributed by atoms with Crippen LogP contribution < -0.4 is 0 Å². The third kappa shape index (κ3) is 2.31. The van der Waals surface area contributed by atoms with Crippen LogP contribution in [0.5, 0.6) is 0 Å². The Labute approximate surface area is 113 Å². The van der Waals surface area contributed by atoms with Gasteiger partial charge in [-0.25, -0.2) is 9.48 Å². The molecule has 0 unspecified atom stereocenters. The van der Waals surface area contributed by atoms with E-state index in [2.05, 4.69) is 21.0 Å². The average molecular weight is 309 g/mol. The molecule has 0 fully saturated rings. The lowest BCUT2D eigenvalue weighted by atomic mass is 10.2. The van der Waals surface area contributed by atoms with Crippen LogP contribution in [0.4, 0.5) is 0 Å². The fourth-order valence-corrected chi connectivity index (χ4v) is 2.01. The smallest absolute Gasteiger partial charge is 0.356 e. The van der Waals surface area contributed by atoms with Crippen molar-refractivity contribution in [3.63, 3.8) is 0 Å². The Morgan fingerprint density at radius 3 is 2.72 bits per heavy atom. The molecule has 2 rings (SSSR count). The van der Waals surface area contributed by atoms with Crippen LogP contribution in [0.25, 0.3) is 5.69 Å². The first-order chi connectivity index (χ1) is 8.52. The average Bonchev–Trinajstić information content (AvgIpc) is 2.77. The summed E-state index contributed by atoms with van der Waals surface area (Å²) in [6.07, 6.45) is 0.732. The number of benzene rings is 1. The van der Waals surface area contributed by atoms with Gasteiger partial charge in [-0.15, -0.1) is 0 Å². The summed E-state index contributed by atoms with van der Waals surface area (Å²) in [4.78, 5) is 11.0. The van der Waals surface area contributed by atoms with Gasteiger partial charge in [-0.05, 0) is 43.2 Å². The van der Waals surface area contributed by atoms with E-state index >= 15 is 0 Å². The Bertz CT molecular complexity index is 605. The number of nitrogens with zero attached hydrogens (tertiary/aromatic N) is 2. The minimum Gasteiger partial charge on any atom is -0.476 e. The number of carboxylic acids is 1. The molecule has 4 nitrogen and oxygen atoms in total. The first kappa shape index (κ1) is 12.8. The molecule has 2 aromatic rings. The van der Waals surface area contributed by atoms with Crippen molar-refractivity contribution in [3.8, 4) is 5.69 Å². The molecule has 1 N–H and O–H groups in total. The first-order valence-corrected chi connectivity index (χ1v) is 6.41. The Hall–Kier alpha value is -1.62. The fourth-order valence-electron chi connectivity index (χ4n) is 1.76. The van der Waals surface area contributed by atoms with Gasteiger partial charge in [0.1, 0.15) is 0 Å². The van der Waals surface area contributed by atoms with E-state index in [1.54, 1.807) is 10.7 Å². The molecule has 5 heteroatoms. The quantitative estimate of drug-likeness (QED) is 0.947. The van der Waals surface area contributed by atoms with Gasteiger partial charge in [-0.3, -0.25) is 0 Å². The van der Waals surface area contributed by atoms with Crippen molar-refractivity contribution in [1.29, 1.82) is 0 Å². The molecular formula is C13H13BrN2O2. The zero-order chi connectivity index (χ0) is 13.3. The SMILES string of the molecule is CCc1cc(C(=O)O)nn1-c1ccc(Br)c(C)c1. The van der Waals surface area contributed by atoms with E-state index in [0.29, 0.717) is 0 Å². The summed E-state index contributed by atoms with van der Waals surface area (Å²) in [5.74, 6) is -1.00. The van der Waals surface area contributed by atoms with Gasteiger partial charge >= 0.3 is 5.97 Å². The molecule has 1 aromatic heterocycles. The highest BCUT2D eigenvalue weighted by molar-refractivity contribution is 9.10. The highest BCUT2D eigenvalue weighted by Gasteiger charge is 2.13. The van der Waals surface area contributed by atoms with Crippen LogP contribution in [0.15, 0.2) is 28.7 Å². The van der Waals surface area contributed by atoms with Crippen LogP contribution in [0.1, 0.15) is 28.7 Å². The molecule has 94 valence electrons. The molecule has 0 aliphatic rings. The fraction of sp³-hybridized carbons (Fsp3) is 0.231. The lowest BCUT2D eigenvalue weighted by Gasteiger charge is -2.07. The molecule has 0 bridgehead atoms. The third-order valence-electron chi connectivity index (χ3n) is 2.75. The van der Waals surface area contributed by atoms with Gasteiger partial charge in [0.2, 0.25) is 0 Å². The van der Waals surface area contributed by atoms with E-state index in [9.17, 15) is 4.79 Å². The van der Waals surface area contributed by atoms with Gasteiger partial charge in [0.15, 0.2) is 5.69 Å². The monoisotopic (exact) mass is 308 g/mol. The van der Waals surface area contributed by atoms with Gasteiger partial charge in [0, 0.05) is 10.2 Å². The highest BCUT2D eigenvalue weighted by atomic mass is 79.9. The van der Waals surface area contributed by atoms with Crippen molar-refractivity contribution in [2.75, 3.05) is 0 Å². The normalized spacial score (nSPS) is 10.6. The number of aryl methyl sites for hydroxylation is 2. The van der Waals surface area contributed by atoms with Crippen LogP contribution in [0.3, 0.4) is 0 Å². The van der Waals surface area contributed by atoms with Gasteiger partial charge in [-0.2, -0.15) is 5.10 Å². The van der Waals surface area contributed by atoms with Crippen molar-refractivity contribution < 1.29 is 9.90 Å².